The van der Waals surface area contributed by atoms with Gasteiger partial charge in [-0.05, 0) is 43.1 Å². The predicted octanol–water partition coefficient (Wildman–Crippen LogP) is 2.94. The van der Waals surface area contributed by atoms with Gasteiger partial charge < -0.3 is 5.11 Å². The number of aromatic nitrogens is 2. The number of aliphatic hydroxyl groups is 1. The Kier molecular flexibility index (Phi) is 3.30. The number of hydrogen-bond donors (Lipinski definition) is 1. The average Bonchev–Trinajstić information content (AvgIpc) is 2.63. The van der Waals surface area contributed by atoms with Gasteiger partial charge in [0, 0.05) is 6.20 Å². The summed E-state index contributed by atoms with van der Waals surface area (Å²) < 4.78 is 1.96. The summed E-state index contributed by atoms with van der Waals surface area (Å²) in [6, 6.07) is 0.154. The molecule has 3 nitrogen and oxygen atoms in total. The molecule has 0 radical (unpaired) electrons. The first kappa shape index (κ1) is 12.6. The quantitative estimate of drug-likeness (QED) is 0.814. The summed E-state index contributed by atoms with van der Waals surface area (Å²) in [4.78, 5) is 0. The Morgan fingerprint density at radius 2 is 2.06 bits per heavy atom. The Hall–Kier alpha value is -0.830. The van der Waals surface area contributed by atoms with Crippen molar-refractivity contribution in [1.29, 1.82) is 0 Å². The van der Waals surface area contributed by atoms with Crippen LogP contribution in [0.1, 0.15) is 51.6 Å². The molecule has 0 bridgehead atoms. The molecule has 1 fully saturated rings. The minimum Gasteiger partial charge on any atom is -0.391 e. The lowest BCUT2D eigenvalue weighted by Crippen LogP contribution is -2.36. The summed E-state index contributed by atoms with van der Waals surface area (Å²) in [5.41, 5.74) is 1.48. The molecule has 1 saturated carbocycles. The minimum absolute atomic E-state index is 0.154. The topological polar surface area (TPSA) is 38.0 Å². The van der Waals surface area contributed by atoms with Gasteiger partial charge in [-0.25, -0.2) is 0 Å². The van der Waals surface area contributed by atoms with Crippen molar-refractivity contribution in [2.45, 2.75) is 59.1 Å². The molecule has 96 valence electrons. The van der Waals surface area contributed by atoms with Gasteiger partial charge in [0.1, 0.15) is 0 Å². The van der Waals surface area contributed by atoms with Crippen LogP contribution < -0.4 is 0 Å². The lowest BCUT2D eigenvalue weighted by atomic mass is 9.70. The van der Waals surface area contributed by atoms with E-state index in [1.54, 1.807) is 0 Å². The Morgan fingerprint density at radius 1 is 1.35 bits per heavy atom. The second-order valence-corrected chi connectivity index (χ2v) is 6.51. The Morgan fingerprint density at radius 3 is 2.59 bits per heavy atom. The lowest BCUT2D eigenvalue weighted by Gasteiger charge is -2.40. The molecule has 0 aromatic carbocycles. The summed E-state index contributed by atoms with van der Waals surface area (Å²) in [6.07, 6.45) is 6.72. The second kappa shape index (κ2) is 4.45. The van der Waals surface area contributed by atoms with Crippen LogP contribution >= 0.6 is 0 Å². The zero-order valence-electron chi connectivity index (χ0n) is 11.3. The highest BCUT2D eigenvalue weighted by atomic mass is 16.3. The summed E-state index contributed by atoms with van der Waals surface area (Å²) in [5, 5.41) is 14.5. The van der Waals surface area contributed by atoms with E-state index in [0.717, 1.165) is 24.8 Å². The van der Waals surface area contributed by atoms with Gasteiger partial charge in [0.15, 0.2) is 0 Å². The third-order valence-electron chi connectivity index (χ3n) is 4.08. The highest BCUT2D eigenvalue weighted by Gasteiger charge is 2.36. The smallest absolute Gasteiger partial charge is 0.0781 e. The van der Waals surface area contributed by atoms with E-state index >= 15 is 0 Å². The Bertz CT molecular complexity index is 378. The molecule has 1 aromatic heterocycles. The first-order chi connectivity index (χ1) is 7.88. The maximum atomic E-state index is 10.2. The molecule has 1 aliphatic rings. The third-order valence-corrected chi connectivity index (χ3v) is 4.08. The second-order valence-electron chi connectivity index (χ2n) is 6.51. The van der Waals surface area contributed by atoms with Crippen LogP contribution in [0.4, 0.5) is 0 Å². The fraction of sp³-hybridized carbons (Fsp3) is 0.786. The molecule has 3 heteroatoms. The number of rotatable bonds is 1. The Balaban J connectivity index is 2.15. The van der Waals surface area contributed by atoms with E-state index in [1.807, 2.05) is 24.0 Å². The highest BCUT2D eigenvalue weighted by molar-refractivity contribution is 5.02. The Labute approximate surface area is 104 Å². The molecular weight excluding hydrogens is 212 g/mol. The zero-order valence-corrected chi connectivity index (χ0v) is 11.3. The highest BCUT2D eigenvalue weighted by Crippen LogP contribution is 2.41. The van der Waals surface area contributed by atoms with Gasteiger partial charge in [0.05, 0.1) is 18.3 Å². The zero-order chi connectivity index (χ0) is 12.6. The van der Waals surface area contributed by atoms with Crippen LogP contribution in [0.5, 0.6) is 0 Å². The van der Waals surface area contributed by atoms with Crippen LogP contribution in [0.2, 0.25) is 0 Å². The van der Waals surface area contributed by atoms with E-state index in [-0.39, 0.29) is 12.1 Å². The summed E-state index contributed by atoms with van der Waals surface area (Å²) >= 11 is 0. The van der Waals surface area contributed by atoms with Gasteiger partial charge in [0.25, 0.3) is 0 Å². The number of hydrogen-bond acceptors (Lipinski definition) is 2. The van der Waals surface area contributed by atoms with E-state index in [4.69, 9.17) is 0 Å². The van der Waals surface area contributed by atoms with E-state index in [0.29, 0.717) is 11.3 Å². The standard InChI is InChI=1S/C14H24N2O/c1-10-8-15-16(9-10)12-7-11(14(2,3)4)5-6-13(12)17/h8-9,11-13,17H,5-7H2,1-4H3. The van der Waals surface area contributed by atoms with Crippen molar-refractivity contribution in [3.63, 3.8) is 0 Å². The first-order valence-electron chi connectivity index (χ1n) is 6.57. The third kappa shape index (κ3) is 2.71. The van der Waals surface area contributed by atoms with Crippen molar-refractivity contribution >= 4 is 0 Å². The SMILES string of the molecule is Cc1cnn(C2CC(C(C)(C)C)CCC2O)c1. The van der Waals surface area contributed by atoms with Crippen molar-refractivity contribution in [3.05, 3.63) is 18.0 Å². The molecule has 17 heavy (non-hydrogen) atoms. The fourth-order valence-electron chi connectivity index (χ4n) is 2.82. The largest absolute Gasteiger partial charge is 0.391 e. The van der Waals surface area contributed by atoms with Crippen molar-refractivity contribution in [2.75, 3.05) is 0 Å². The number of aliphatic hydroxyl groups excluding tert-OH is 1. The molecular formula is C14H24N2O. The fourth-order valence-corrected chi connectivity index (χ4v) is 2.82. The number of aryl methyl sites for hydroxylation is 1. The van der Waals surface area contributed by atoms with Crippen molar-refractivity contribution < 1.29 is 5.11 Å². The molecule has 0 amide bonds. The van der Waals surface area contributed by atoms with Crippen molar-refractivity contribution in [3.8, 4) is 0 Å². The van der Waals surface area contributed by atoms with E-state index in [1.165, 1.54) is 0 Å². The van der Waals surface area contributed by atoms with Crippen molar-refractivity contribution in [1.82, 2.24) is 9.78 Å². The predicted molar refractivity (Wildman–Crippen MR) is 68.8 cm³/mol. The van der Waals surface area contributed by atoms with Crippen LogP contribution in [0.25, 0.3) is 0 Å². The van der Waals surface area contributed by atoms with Crippen molar-refractivity contribution in [2.24, 2.45) is 11.3 Å². The normalized spacial score (nSPS) is 30.5. The molecule has 2 rings (SSSR count). The molecule has 3 atom stereocenters. The summed E-state index contributed by atoms with van der Waals surface area (Å²) in [6.45, 7) is 8.92. The maximum Gasteiger partial charge on any atom is 0.0781 e. The molecule has 0 saturated heterocycles. The lowest BCUT2D eigenvalue weighted by molar-refractivity contribution is 0.0205. The van der Waals surface area contributed by atoms with Gasteiger partial charge in [-0.15, -0.1) is 0 Å². The maximum absolute atomic E-state index is 10.2. The van der Waals surface area contributed by atoms with Crippen LogP contribution in [-0.2, 0) is 0 Å². The molecule has 1 aliphatic carbocycles. The molecule has 3 unspecified atom stereocenters. The van der Waals surface area contributed by atoms with Gasteiger partial charge in [0.2, 0.25) is 0 Å². The van der Waals surface area contributed by atoms with E-state index in [2.05, 4.69) is 25.9 Å². The summed E-state index contributed by atoms with van der Waals surface area (Å²) in [5.74, 6) is 0.667. The minimum atomic E-state index is -0.243. The molecule has 1 N–H and O–H groups in total. The molecule has 0 aliphatic heterocycles. The van der Waals surface area contributed by atoms with Crippen LogP contribution in [0.15, 0.2) is 12.4 Å². The van der Waals surface area contributed by atoms with Gasteiger partial charge >= 0.3 is 0 Å². The van der Waals surface area contributed by atoms with Crippen LogP contribution in [0, 0.1) is 18.3 Å². The number of nitrogens with zero attached hydrogens (tertiary/aromatic N) is 2. The molecule has 1 aromatic rings. The van der Waals surface area contributed by atoms with Gasteiger partial charge in [-0.2, -0.15) is 5.10 Å². The first-order valence-corrected chi connectivity index (χ1v) is 6.57. The summed E-state index contributed by atoms with van der Waals surface area (Å²) in [7, 11) is 0. The van der Waals surface area contributed by atoms with Crippen LogP contribution in [0.3, 0.4) is 0 Å². The van der Waals surface area contributed by atoms with Crippen LogP contribution in [-0.4, -0.2) is 21.0 Å². The van der Waals surface area contributed by atoms with Gasteiger partial charge in [-0.1, -0.05) is 20.8 Å². The molecule has 0 spiro atoms. The van der Waals surface area contributed by atoms with E-state index < -0.39 is 0 Å². The van der Waals surface area contributed by atoms with Gasteiger partial charge in [-0.3, -0.25) is 4.68 Å². The molecule has 1 heterocycles. The monoisotopic (exact) mass is 236 g/mol. The average molecular weight is 236 g/mol. The van der Waals surface area contributed by atoms with E-state index in [9.17, 15) is 5.11 Å².